The highest BCUT2D eigenvalue weighted by Crippen LogP contribution is 2.40. The number of aryl methyl sites for hydroxylation is 1. The van der Waals surface area contributed by atoms with Crippen LogP contribution in [0.15, 0.2) is 109 Å². The molecule has 0 N–H and O–H groups in total. The maximum Gasteiger partial charge on any atom is 0.416 e. The Morgan fingerprint density at radius 2 is 1.37 bits per heavy atom. The van der Waals surface area contributed by atoms with Crippen molar-refractivity contribution >= 4 is 39.3 Å². The highest BCUT2D eigenvalue weighted by Gasteiger charge is 2.39. The van der Waals surface area contributed by atoms with Gasteiger partial charge in [-0.2, -0.15) is 13.2 Å². The molecule has 0 unspecified atom stereocenters. The Kier molecular flexibility index (Phi) is 5.41. The molecule has 7 rings (SSSR count). The molecule has 7 heteroatoms. The lowest BCUT2D eigenvalue weighted by atomic mass is 9.98. The molecule has 200 valence electrons. The third-order valence-corrected chi connectivity index (χ3v) is 7.56. The molecular weight excluding hydrogens is 525 g/mol. The van der Waals surface area contributed by atoms with Crippen molar-refractivity contribution in [3.8, 4) is 16.8 Å². The molecule has 0 saturated heterocycles. The van der Waals surface area contributed by atoms with E-state index in [1.165, 1.54) is 11.0 Å². The number of alkyl halides is 3. The second-order valence-corrected chi connectivity index (χ2v) is 10.2. The Balaban J connectivity index is 1.45. The third kappa shape index (κ3) is 3.84. The summed E-state index contributed by atoms with van der Waals surface area (Å²) in [5, 5.41) is 1.70. The van der Waals surface area contributed by atoms with Crippen LogP contribution in [0.5, 0.6) is 0 Å². The lowest BCUT2D eigenvalue weighted by molar-refractivity contribution is -0.137. The van der Waals surface area contributed by atoms with E-state index in [0.29, 0.717) is 39.2 Å². The topological polar surface area (TPSA) is 42.3 Å². The first-order valence-electron chi connectivity index (χ1n) is 13.0. The van der Waals surface area contributed by atoms with E-state index in [9.17, 15) is 22.8 Å². The summed E-state index contributed by atoms with van der Waals surface area (Å²) < 4.78 is 42.6. The van der Waals surface area contributed by atoms with Gasteiger partial charge in [0.05, 0.1) is 39.1 Å². The van der Waals surface area contributed by atoms with Crippen LogP contribution in [0.4, 0.5) is 18.9 Å². The molecule has 0 saturated carbocycles. The highest BCUT2D eigenvalue weighted by molar-refractivity contribution is 6.35. The summed E-state index contributed by atoms with van der Waals surface area (Å²) >= 11 is 0. The predicted molar refractivity (Wildman–Crippen MR) is 154 cm³/mol. The van der Waals surface area contributed by atoms with Crippen LogP contribution in [0.25, 0.3) is 38.6 Å². The lowest BCUT2D eigenvalue weighted by Gasteiger charge is -2.14. The second kappa shape index (κ2) is 8.93. The van der Waals surface area contributed by atoms with E-state index in [4.69, 9.17) is 0 Å². The van der Waals surface area contributed by atoms with Crippen molar-refractivity contribution in [3.05, 3.63) is 131 Å². The summed E-state index contributed by atoms with van der Waals surface area (Å²) in [5.41, 5.74) is 4.20. The number of carbonyl (C=O) groups excluding carboxylic acids is 2. The maximum atomic E-state index is 13.8. The summed E-state index contributed by atoms with van der Waals surface area (Å²) in [6.07, 6.45) is -4.45. The Morgan fingerprint density at radius 1 is 0.634 bits per heavy atom. The van der Waals surface area contributed by atoms with E-state index in [-0.39, 0.29) is 5.91 Å². The van der Waals surface area contributed by atoms with E-state index in [1.54, 1.807) is 55.5 Å². The predicted octanol–water partition coefficient (Wildman–Crippen LogP) is 8.58. The molecule has 2 heterocycles. The zero-order valence-electron chi connectivity index (χ0n) is 21.7. The van der Waals surface area contributed by atoms with E-state index >= 15 is 0 Å². The van der Waals surface area contributed by atoms with Crippen LogP contribution < -0.4 is 4.90 Å². The number of anilines is 1. The fourth-order valence-electron chi connectivity index (χ4n) is 5.79. The van der Waals surface area contributed by atoms with Crippen LogP contribution in [0, 0.1) is 6.92 Å². The molecule has 0 atom stereocenters. The molecule has 0 aliphatic carbocycles. The second-order valence-electron chi connectivity index (χ2n) is 10.2. The molecule has 1 aliphatic rings. The van der Waals surface area contributed by atoms with Crippen molar-refractivity contribution < 1.29 is 22.8 Å². The van der Waals surface area contributed by atoms with E-state index < -0.39 is 17.6 Å². The standard InChI is InChI=1S/C34H21F3N2O2/c1-20-16-22(18-23(17-20)34(35,36)37)21-14-15-29-27(19-21)25-10-5-6-12-28(25)39(29)30-13-7-11-26-31(30)33(41)38(32(26)40)24-8-3-2-4-9-24/h2-19H,1H3. The lowest BCUT2D eigenvalue weighted by Crippen LogP contribution is -2.29. The summed E-state index contributed by atoms with van der Waals surface area (Å²) in [6.45, 7) is 1.65. The maximum absolute atomic E-state index is 13.8. The molecule has 1 aromatic heterocycles. The van der Waals surface area contributed by atoms with Crippen molar-refractivity contribution in [1.29, 1.82) is 0 Å². The van der Waals surface area contributed by atoms with Crippen LogP contribution >= 0.6 is 0 Å². The molecule has 0 fully saturated rings. The number of halogens is 3. The van der Waals surface area contributed by atoms with Gasteiger partial charge in [0.25, 0.3) is 11.8 Å². The van der Waals surface area contributed by atoms with Crippen molar-refractivity contribution in [2.24, 2.45) is 0 Å². The molecular formula is C34H21F3N2O2. The van der Waals surface area contributed by atoms with Gasteiger partial charge in [-0.25, -0.2) is 4.90 Å². The summed E-state index contributed by atoms with van der Waals surface area (Å²) in [4.78, 5) is 28.4. The van der Waals surface area contributed by atoms with Crippen molar-refractivity contribution in [3.63, 3.8) is 0 Å². The molecule has 6 aromatic rings. The largest absolute Gasteiger partial charge is 0.416 e. The zero-order valence-corrected chi connectivity index (χ0v) is 21.7. The Labute approximate surface area is 232 Å². The van der Waals surface area contributed by atoms with Crippen LogP contribution in [-0.2, 0) is 6.18 Å². The van der Waals surface area contributed by atoms with E-state index in [0.717, 1.165) is 27.9 Å². The van der Waals surface area contributed by atoms with Gasteiger partial charge in [0.2, 0.25) is 0 Å². The smallest absolute Gasteiger partial charge is 0.308 e. The zero-order chi connectivity index (χ0) is 28.5. The quantitative estimate of drug-likeness (QED) is 0.209. The van der Waals surface area contributed by atoms with Gasteiger partial charge >= 0.3 is 6.18 Å². The Hall–Kier alpha value is -5.17. The minimum absolute atomic E-state index is 0.307. The molecule has 41 heavy (non-hydrogen) atoms. The average molecular weight is 547 g/mol. The summed E-state index contributed by atoms with van der Waals surface area (Å²) in [6, 6.07) is 31.3. The molecule has 4 nitrogen and oxygen atoms in total. The van der Waals surface area contributed by atoms with Gasteiger partial charge < -0.3 is 4.57 Å². The molecule has 2 amide bonds. The number of amides is 2. The highest BCUT2D eigenvalue weighted by atomic mass is 19.4. The third-order valence-electron chi connectivity index (χ3n) is 7.56. The number of rotatable bonds is 3. The van der Waals surface area contributed by atoms with Crippen LogP contribution in [0.1, 0.15) is 31.8 Å². The average Bonchev–Trinajstić information content (AvgIpc) is 3.43. The first-order chi connectivity index (χ1) is 19.7. The summed E-state index contributed by atoms with van der Waals surface area (Å²) in [7, 11) is 0. The number of imide groups is 1. The number of hydrogen-bond acceptors (Lipinski definition) is 2. The van der Waals surface area contributed by atoms with Crippen molar-refractivity contribution in [2.45, 2.75) is 13.1 Å². The SMILES string of the molecule is Cc1cc(-c2ccc3c(c2)c2ccccc2n3-c2cccc3c2C(=O)N(c2ccccc2)C3=O)cc(C(F)(F)F)c1. The Bertz CT molecular complexity index is 2040. The van der Waals surface area contributed by atoms with Gasteiger partial charge in [0.1, 0.15) is 0 Å². The number of fused-ring (bicyclic) bond motifs is 4. The van der Waals surface area contributed by atoms with Gasteiger partial charge in [-0.05, 0) is 78.2 Å². The monoisotopic (exact) mass is 546 g/mol. The molecule has 0 radical (unpaired) electrons. The van der Waals surface area contributed by atoms with Crippen LogP contribution in [0.3, 0.4) is 0 Å². The number of nitrogens with zero attached hydrogens (tertiary/aromatic N) is 2. The van der Waals surface area contributed by atoms with Gasteiger partial charge in [-0.15, -0.1) is 0 Å². The normalized spacial score (nSPS) is 13.4. The minimum Gasteiger partial charge on any atom is -0.308 e. The number of aromatic nitrogens is 1. The van der Waals surface area contributed by atoms with Gasteiger partial charge in [0, 0.05) is 10.8 Å². The number of para-hydroxylation sites is 2. The minimum atomic E-state index is -4.45. The van der Waals surface area contributed by atoms with Crippen molar-refractivity contribution in [2.75, 3.05) is 4.90 Å². The molecule has 0 bridgehead atoms. The molecule has 0 spiro atoms. The number of carbonyl (C=O) groups is 2. The van der Waals surface area contributed by atoms with Gasteiger partial charge in [0.15, 0.2) is 0 Å². The summed E-state index contributed by atoms with van der Waals surface area (Å²) in [5.74, 6) is -0.796. The first-order valence-corrected chi connectivity index (χ1v) is 13.0. The van der Waals surface area contributed by atoms with Crippen LogP contribution in [-0.4, -0.2) is 16.4 Å². The first kappa shape index (κ1) is 24.8. The Morgan fingerprint density at radius 3 is 2.15 bits per heavy atom. The fourth-order valence-corrected chi connectivity index (χ4v) is 5.79. The van der Waals surface area contributed by atoms with Crippen molar-refractivity contribution in [1.82, 2.24) is 4.57 Å². The molecule has 1 aliphatic heterocycles. The van der Waals surface area contributed by atoms with Crippen LogP contribution in [0.2, 0.25) is 0 Å². The molecule has 5 aromatic carbocycles. The number of hydrogen-bond donors (Lipinski definition) is 0. The van der Waals surface area contributed by atoms with Gasteiger partial charge in [-0.3, -0.25) is 9.59 Å². The fraction of sp³-hybridized carbons (Fsp3) is 0.0588. The van der Waals surface area contributed by atoms with E-state index in [1.807, 2.05) is 53.1 Å². The van der Waals surface area contributed by atoms with E-state index in [2.05, 4.69) is 0 Å². The number of benzene rings is 5. The van der Waals surface area contributed by atoms with Gasteiger partial charge in [-0.1, -0.05) is 54.6 Å².